The van der Waals surface area contributed by atoms with Crippen LogP contribution in [0.2, 0.25) is 10.0 Å². The number of carbonyl (C=O) groups excluding carboxylic acids is 1. The molecule has 0 heterocycles. The van der Waals surface area contributed by atoms with Crippen molar-refractivity contribution in [2.24, 2.45) is 0 Å². The normalized spacial score (nSPS) is 11.4. The highest BCUT2D eigenvalue weighted by Gasteiger charge is 2.20. The first-order chi connectivity index (χ1) is 13.8. The Labute approximate surface area is 179 Å². The van der Waals surface area contributed by atoms with Gasteiger partial charge < -0.3 is 5.32 Å². The van der Waals surface area contributed by atoms with E-state index in [0.29, 0.717) is 21.3 Å². The highest BCUT2D eigenvalue weighted by molar-refractivity contribution is 7.89. The number of hydrogen-bond donors (Lipinski definition) is 1. The van der Waals surface area contributed by atoms with Crippen molar-refractivity contribution in [3.63, 3.8) is 0 Å². The number of carbonyl (C=O) groups is 1. The minimum atomic E-state index is -3.59. The summed E-state index contributed by atoms with van der Waals surface area (Å²) in [5.41, 5.74) is 1.59. The zero-order chi connectivity index (χ0) is 21.0. The van der Waals surface area contributed by atoms with Gasteiger partial charge in [0, 0.05) is 24.2 Å². The van der Waals surface area contributed by atoms with Crippen LogP contribution >= 0.6 is 23.2 Å². The number of anilines is 1. The summed E-state index contributed by atoms with van der Waals surface area (Å²) in [6.45, 7) is 0.180. The Bertz CT molecular complexity index is 1120. The van der Waals surface area contributed by atoms with Gasteiger partial charge >= 0.3 is 0 Å². The molecule has 3 aromatic carbocycles. The molecule has 0 unspecified atom stereocenters. The molecule has 0 aliphatic heterocycles. The van der Waals surface area contributed by atoms with E-state index in [2.05, 4.69) is 5.32 Å². The van der Waals surface area contributed by atoms with Gasteiger partial charge in [-0.2, -0.15) is 4.31 Å². The van der Waals surface area contributed by atoms with E-state index in [1.54, 1.807) is 72.8 Å². The fourth-order valence-corrected chi connectivity index (χ4v) is 4.18. The monoisotopic (exact) mass is 448 g/mol. The van der Waals surface area contributed by atoms with Crippen LogP contribution in [0.4, 0.5) is 5.69 Å². The standard InChI is InChI=1S/C21H18Cl2N2O3S/c1-25(29(27,28)18-5-3-2-4-6-18)14-15-7-9-16(10-8-15)21(26)24-20-13-17(22)11-12-19(20)23/h2-13H,14H2,1H3,(H,24,26). The Morgan fingerprint density at radius 1 is 0.966 bits per heavy atom. The summed E-state index contributed by atoms with van der Waals surface area (Å²) in [4.78, 5) is 12.7. The molecule has 0 saturated carbocycles. The Kier molecular flexibility index (Phi) is 6.59. The van der Waals surface area contributed by atoms with Crippen LogP contribution in [-0.4, -0.2) is 25.7 Å². The van der Waals surface area contributed by atoms with Gasteiger partial charge in [-0.25, -0.2) is 8.42 Å². The second kappa shape index (κ2) is 8.97. The largest absolute Gasteiger partial charge is 0.321 e. The zero-order valence-electron chi connectivity index (χ0n) is 15.5. The Morgan fingerprint density at radius 3 is 2.28 bits per heavy atom. The molecule has 29 heavy (non-hydrogen) atoms. The molecule has 0 spiro atoms. The third-order valence-corrected chi connectivity index (χ3v) is 6.63. The van der Waals surface area contributed by atoms with Crippen LogP contribution in [-0.2, 0) is 16.6 Å². The molecule has 3 aromatic rings. The summed E-state index contributed by atoms with van der Waals surface area (Å²) in [6, 6.07) is 19.7. The fraction of sp³-hybridized carbons (Fsp3) is 0.0952. The van der Waals surface area contributed by atoms with Crippen molar-refractivity contribution < 1.29 is 13.2 Å². The Morgan fingerprint density at radius 2 is 1.62 bits per heavy atom. The minimum absolute atomic E-state index is 0.180. The molecule has 3 rings (SSSR count). The first-order valence-corrected chi connectivity index (χ1v) is 10.8. The molecule has 0 bridgehead atoms. The van der Waals surface area contributed by atoms with Gasteiger partial charge in [-0.15, -0.1) is 0 Å². The molecular formula is C21H18Cl2N2O3S. The molecule has 0 atom stereocenters. The summed E-state index contributed by atoms with van der Waals surface area (Å²) < 4.78 is 26.5. The van der Waals surface area contributed by atoms with Gasteiger partial charge in [0.2, 0.25) is 10.0 Å². The highest BCUT2D eigenvalue weighted by Crippen LogP contribution is 2.26. The predicted octanol–water partition coefficient (Wildman–Crippen LogP) is 5.07. The van der Waals surface area contributed by atoms with E-state index >= 15 is 0 Å². The van der Waals surface area contributed by atoms with E-state index < -0.39 is 10.0 Å². The topological polar surface area (TPSA) is 66.5 Å². The van der Waals surface area contributed by atoms with E-state index in [9.17, 15) is 13.2 Å². The van der Waals surface area contributed by atoms with E-state index in [4.69, 9.17) is 23.2 Å². The molecule has 0 aliphatic carbocycles. The molecule has 5 nitrogen and oxygen atoms in total. The molecule has 0 aromatic heterocycles. The van der Waals surface area contributed by atoms with Crippen LogP contribution < -0.4 is 5.32 Å². The number of hydrogen-bond acceptors (Lipinski definition) is 3. The lowest BCUT2D eigenvalue weighted by molar-refractivity contribution is 0.102. The Balaban J connectivity index is 1.70. The van der Waals surface area contributed by atoms with Gasteiger partial charge in [0.1, 0.15) is 0 Å². The average Bonchev–Trinajstić information content (AvgIpc) is 2.71. The van der Waals surface area contributed by atoms with E-state index in [1.807, 2.05) is 0 Å². The molecule has 1 amide bonds. The van der Waals surface area contributed by atoms with Crippen LogP contribution in [0.3, 0.4) is 0 Å². The molecule has 0 aliphatic rings. The van der Waals surface area contributed by atoms with Crippen molar-refractivity contribution >= 4 is 44.8 Å². The average molecular weight is 449 g/mol. The predicted molar refractivity (Wildman–Crippen MR) is 116 cm³/mol. The summed E-state index contributed by atoms with van der Waals surface area (Å²) in [5, 5.41) is 3.55. The molecule has 0 saturated heterocycles. The number of amides is 1. The van der Waals surface area contributed by atoms with Crippen molar-refractivity contribution in [1.82, 2.24) is 4.31 Å². The maximum absolute atomic E-state index is 12.6. The first kappa shape index (κ1) is 21.3. The molecule has 150 valence electrons. The lowest BCUT2D eigenvalue weighted by Gasteiger charge is -2.17. The van der Waals surface area contributed by atoms with Gasteiger partial charge in [0.05, 0.1) is 15.6 Å². The van der Waals surface area contributed by atoms with Crippen LogP contribution in [0.5, 0.6) is 0 Å². The molecule has 0 radical (unpaired) electrons. The van der Waals surface area contributed by atoms with E-state index in [-0.39, 0.29) is 17.3 Å². The van der Waals surface area contributed by atoms with Gasteiger partial charge in [-0.1, -0.05) is 53.5 Å². The summed E-state index contributed by atoms with van der Waals surface area (Å²) >= 11 is 12.0. The lowest BCUT2D eigenvalue weighted by Crippen LogP contribution is -2.26. The number of rotatable bonds is 6. The smallest absolute Gasteiger partial charge is 0.255 e. The quantitative estimate of drug-likeness (QED) is 0.572. The Hall–Kier alpha value is -2.38. The lowest BCUT2D eigenvalue weighted by atomic mass is 10.1. The van der Waals surface area contributed by atoms with Gasteiger partial charge in [-0.3, -0.25) is 4.79 Å². The van der Waals surface area contributed by atoms with Gasteiger partial charge in [0.25, 0.3) is 5.91 Å². The number of nitrogens with zero attached hydrogens (tertiary/aromatic N) is 1. The minimum Gasteiger partial charge on any atom is -0.321 e. The van der Waals surface area contributed by atoms with Crippen LogP contribution in [0, 0.1) is 0 Å². The van der Waals surface area contributed by atoms with Crippen LogP contribution in [0.15, 0.2) is 77.7 Å². The van der Waals surface area contributed by atoms with Gasteiger partial charge in [-0.05, 0) is 48.0 Å². The van der Waals surface area contributed by atoms with Crippen molar-refractivity contribution in [1.29, 1.82) is 0 Å². The van der Waals surface area contributed by atoms with E-state index in [1.165, 1.54) is 11.4 Å². The second-order valence-corrected chi connectivity index (χ2v) is 9.24. The summed E-state index contributed by atoms with van der Waals surface area (Å²) in [6.07, 6.45) is 0. The summed E-state index contributed by atoms with van der Waals surface area (Å²) in [7, 11) is -2.07. The highest BCUT2D eigenvalue weighted by atomic mass is 35.5. The molecule has 1 N–H and O–H groups in total. The van der Waals surface area contributed by atoms with Gasteiger partial charge in [0.15, 0.2) is 0 Å². The van der Waals surface area contributed by atoms with Crippen LogP contribution in [0.25, 0.3) is 0 Å². The fourth-order valence-electron chi connectivity index (χ4n) is 2.66. The third kappa shape index (κ3) is 5.16. The zero-order valence-corrected chi connectivity index (χ0v) is 17.8. The van der Waals surface area contributed by atoms with Crippen molar-refractivity contribution in [2.75, 3.05) is 12.4 Å². The SMILES string of the molecule is CN(Cc1ccc(C(=O)Nc2cc(Cl)ccc2Cl)cc1)S(=O)(=O)c1ccccc1. The van der Waals surface area contributed by atoms with Crippen molar-refractivity contribution in [3.8, 4) is 0 Å². The molecule has 8 heteroatoms. The maximum Gasteiger partial charge on any atom is 0.255 e. The number of halogens is 2. The van der Waals surface area contributed by atoms with Crippen molar-refractivity contribution in [3.05, 3.63) is 94.0 Å². The second-order valence-electron chi connectivity index (χ2n) is 6.35. The number of benzene rings is 3. The number of sulfonamides is 1. The maximum atomic E-state index is 12.6. The van der Waals surface area contributed by atoms with Crippen molar-refractivity contribution in [2.45, 2.75) is 11.4 Å². The number of nitrogens with one attached hydrogen (secondary N) is 1. The first-order valence-electron chi connectivity index (χ1n) is 8.64. The van der Waals surface area contributed by atoms with Crippen LogP contribution in [0.1, 0.15) is 15.9 Å². The molecule has 0 fully saturated rings. The summed E-state index contributed by atoms with van der Waals surface area (Å²) in [5.74, 6) is -0.342. The van der Waals surface area contributed by atoms with E-state index in [0.717, 1.165) is 5.56 Å². The molecular weight excluding hydrogens is 431 g/mol. The third-order valence-electron chi connectivity index (χ3n) is 4.25.